The highest BCUT2D eigenvalue weighted by molar-refractivity contribution is 7.92. The van der Waals surface area contributed by atoms with Crippen LogP contribution in [0.3, 0.4) is 0 Å². The maximum Gasteiger partial charge on any atom is 0.262 e. The molecule has 0 aliphatic heterocycles. The smallest absolute Gasteiger partial charge is 0.262 e. The van der Waals surface area contributed by atoms with Crippen LogP contribution in [0, 0.1) is 24.4 Å². The van der Waals surface area contributed by atoms with Gasteiger partial charge in [-0.1, -0.05) is 6.07 Å². The second-order valence-corrected chi connectivity index (χ2v) is 6.05. The van der Waals surface area contributed by atoms with Crippen molar-refractivity contribution in [2.75, 3.05) is 10.5 Å². The average Bonchev–Trinajstić information content (AvgIpc) is 2.39. The summed E-state index contributed by atoms with van der Waals surface area (Å²) in [5.74, 6) is -4.00. The van der Waals surface area contributed by atoms with Crippen molar-refractivity contribution < 1.29 is 21.6 Å². The van der Waals surface area contributed by atoms with Crippen molar-refractivity contribution >= 4 is 21.4 Å². The van der Waals surface area contributed by atoms with E-state index < -0.39 is 33.2 Å². The van der Waals surface area contributed by atoms with E-state index in [1.54, 1.807) is 6.92 Å². The highest BCUT2D eigenvalue weighted by Crippen LogP contribution is 2.23. The first kappa shape index (κ1) is 15.2. The molecule has 0 radical (unpaired) electrons. The van der Waals surface area contributed by atoms with Crippen LogP contribution in [-0.2, 0) is 10.0 Å². The molecule has 0 atom stereocenters. The average molecular weight is 316 g/mol. The van der Waals surface area contributed by atoms with E-state index in [1.165, 1.54) is 18.2 Å². The second-order valence-electron chi connectivity index (χ2n) is 4.37. The molecule has 0 saturated heterocycles. The van der Waals surface area contributed by atoms with Gasteiger partial charge in [0.2, 0.25) is 0 Å². The molecule has 8 heteroatoms. The molecule has 0 saturated carbocycles. The standard InChI is InChI=1S/C13H11F3N2O2S/c1-7-2-3-8(4-12(7)17)21(19,20)18-13-6-10(15)9(14)5-11(13)16/h2-6,18H,17H2,1H3. The van der Waals surface area contributed by atoms with E-state index in [-0.39, 0.29) is 16.6 Å². The van der Waals surface area contributed by atoms with Gasteiger partial charge in [-0.05, 0) is 24.6 Å². The third kappa shape index (κ3) is 3.10. The third-order valence-corrected chi connectivity index (χ3v) is 4.18. The Balaban J connectivity index is 2.42. The van der Waals surface area contributed by atoms with Crippen molar-refractivity contribution in [2.45, 2.75) is 11.8 Å². The van der Waals surface area contributed by atoms with E-state index in [1.807, 2.05) is 4.72 Å². The number of aryl methyl sites for hydroxylation is 1. The lowest BCUT2D eigenvalue weighted by molar-refractivity contribution is 0.496. The van der Waals surface area contributed by atoms with Crippen molar-refractivity contribution in [2.24, 2.45) is 0 Å². The lowest BCUT2D eigenvalue weighted by Gasteiger charge is -2.10. The van der Waals surface area contributed by atoms with E-state index in [0.29, 0.717) is 11.6 Å². The molecule has 0 unspecified atom stereocenters. The summed E-state index contributed by atoms with van der Waals surface area (Å²) in [6, 6.07) is 4.63. The molecule has 2 aromatic carbocycles. The number of nitrogens with one attached hydrogen (secondary N) is 1. The summed E-state index contributed by atoms with van der Waals surface area (Å²) in [6.45, 7) is 1.69. The second kappa shape index (κ2) is 5.28. The van der Waals surface area contributed by atoms with E-state index in [4.69, 9.17) is 5.73 Å². The van der Waals surface area contributed by atoms with Gasteiger partial charge in [0.05, 0.1) is 10.6 Å². The Hall–Kier alpha value is -2.22. The topological polar surface area (TPSA) is 72.2 Å². The normalized spacial score (nSPS) is 11.4. The Bertz CT molecular complexity index is 807. The van der Waals surface area contributed by atoms with E-state index in [9.17, 15) is 21.6 Å². The molecule has 4 nitrogen and oxygen atoms in total. The first-order valence-corrected chi connectivity index (χ1v) is 7.22. The molecule has 0 spiro atoms. The number of nitrogen functional groups attached to an aromatic ring is 1. The molecule has 0 aliphatic carbocycles. The van der Waals surface area contributed by atoms with Gasteiger partial charge in [-0.2, -0.15) is 0 Å². The number of hydrogen-bond acceptors (Lipinski definition) is 3. The minimum atomic E-state index is -4.16. The fraction of sp³-hybridized carbons (Fsp3) is 0.0769. The van der Waals surface area contributed by atoms with Crippen molar-refractivity contribution in [1.82, 2.24) is 0 Å². The van der Waals surface area contributed by atoms with Gasteiger partial charge in [0.1, 0.15) is 5.82 Å². The highest BCUT2D eigenvalue weighted by Gasteiger charge is 2.19. The SMILES string of the molecule is Cc1ccc(S(=O)(=O)Nc2cc(F)c(F)cc2F)cc1N. The highest BCUT2D eigenvalue weighted by atomic mass is 32.2. The monoisotopic (exact) mass is 316 g/mol. The summed E-state index contributed by atoms with van der Waals surface area (Å²) < 4.78 is 65.3. The van der Waals surface area contributed by atoms with Gasteiger partial charge >= 0.3 is 0 Å². The summed E-state index contributed by atoms with van der Waals surface area (Å²) in [5, 5.41) is 0. The van der Waals surface area contributed by atoms with Crippen molar-refractivity contribution in [3.8, 4) is 0 Å². The molecule has 0 bridgehead atoms. The van der Waals surface area contributed by atoms with Crippen LogP contribution < -0.4 is 10.5 Å². The zero-order valence-corrected chi connectivity index (χ0v) is 11.6. The summed E-state index contributed by atoms with van der Waals surface area (Å²) in [4.78, 5) is -0.213. The van der Waals surface area contributed by atoms with Crippen LogP contribution in [0.15, 0.2) is 35.2 Å². The van der Waals surface area contributed by atoms with Crippen LogP contribution >= 0.6 is 0 Å². The molecular weight excluding hydrogens is 305 g/mol. The predicted molar refractivity (Wildman–Crippen MR) is 72.7 cm³/mol. The van der Waals surface area contributed by atoms with Crippen LogP contribution in [0.1, 0.15) is 5.56 Å². The molecule has 0 amide bonds. The maximum absolute atomic E-state index is 13.5. The van der Waals surface area contributed by atoms with Gasteiger partial charge in [-0.3, -0.25) is 4.72 Å². The van der Waals surface area contributed by atoms with Gasteiger partial charge < -0.3 is 5.73 Å². The molecule has 2 rings (SSSR count). The van der Waals surface area contributed by atoms with Gasteiger partial charge in [0, 0.05) is 17.8 Å². The van der Waals surface area contributed by atoms with Gasteiger partial charge in [0.15, 0.2) is 11.6 Å². The zero-order chi connectivity index (χ0) is 15.8. The number of hydrogen-bond donors (Lipinski definition) is 2. The number of rotatable bonds is 3. The largest absolute Gasteiger partial charge is 0.398 e. The quantitative estimate of drug-likeness (QED) is 0.675. The summed E-state index contributed by atoms with van der Waals surface area (Å²) >= 11 is 0. The minimum Gasteiger partial charge on any atom is -0.398 e. The first-order valence-electron chi connectivity index (χ1n) is 5.74. The Morgan fingerprint density at radius 1 is 1.00 bits per heavy atom. The fourth-order valence-electron chi connectivity index (χ4n) is 1.59. The van der Waals surface area contributed by atoms with E-state index in [2.05, 4.69) is 0 Å². The molecule has 0 heterocycles. The molecule has 3 N–H and O–H groups in total. The van der Waals surface area contributed by atoms with Gasteiger partial charge in [-0.25, -0.2) is 21.6 Å². The lowest BCUT2D eigenvalue weighted by atomic mass is 10.2. The summed E-state index contributed by atoms with van der Waals surface area (Å²) in [6.07, 6.45) is 0. The first-order chi connectivity index (χ1) is 9.70. The summed E-state index contributed by atoms with van der Waals surface area (Å²) in [7, 11) is -4.16. The molecule has 0 aliphatic rings. The minimum absolute atomic E-state index is 0.213. The molecule has 112 valence electrons. The molecular formula is C13H11F3N2O2S. The lowest BCUT2D eigenvalue weighted by Crippen LogP contribution is -2.15. The number of anilines is 2. The van der Waals surface area contributed by atoms with Crippen LogP contribution in [0.4, 0.5) is 24.5 Å². The number of sulfonamides is 1. The predicted octanol–water partition coefficient (Wildman–Crippen LogP) is 2.80. The van der Waals surface area contributed by atoms with Crippen LogP contribution in [0.5, 0.6) is 0 Å². The Morgan fingerprint density at radius 3 is 2.24 bits per heavy atom. The van der Waals surface area contributed by atoms with E-state index in [0.717, 1.165) is 0 Å². The van der Waals surface area contributed by atoms with Crippen LogP contribution in [-0.4, -0.2) is 8.42 Å². The zero-order valence-electron chi connectivity index (χ0n) is 10.8. The van der Waals surface area contributed by atoms with Crippen molar-refractivity contribution in [3.63, 3.8) is 0 Å². The Morgan fingerprint density at radius 2 is 1.62 bits per heavy atom. The summed E-state index contributed by atoms with van der Waals surface area (Å²) in [5.41, 5.74) is 5.84. The van der Waals surface area contributed by atoms with Gasteiger partial charge in [0.25, 0.3) is 10.0 Å². The molecule has 2 aromatic rings. The van der Waals surface area contributed by atoms with Crippen molar-refractivity contribution in [1.29, 1.82) is 0 Å². The van der Waals surface area contributed by atoms with Crippen molar-refractivity contribution in [3.05, 3.63) is 53.3 Å². The Labute approximate surface area is 119 Å². The number of nitrogens with two attached hydrogens (primary N) is 1. The fourth-order valence-corrected chi connectivity index (χ4v) is 2.68. The maximum atomic E-state index is 13.5. The third-order valence-electron chi connectivity index (χ3n) is 2.82. The molecule has 21 heavy (non-hydrogen) atoms. The molecule has 0 aromatic heterocycles. The van der Waals surface area contributed by atoms with Gasteiger partial charge in [-0.15, -0.1) is 0 Å². The van der Waals surface area contributed by atoms with E-state index >= 15 is 0 Å². The Kier molecular flexibility index (Phi) is 3.82. The number of benzene rings is 2. The molecule has 0 fully saturated rings. The van der Waals surface area contributed by atoms with Crippen LogP contribution in [0.2, 0.25) is 0 Å². The number of halogens is 3. The van der Waals surface area contributed by atoms with Crippen LogP contribution in [0.25, 0.3) is 0 Å².